The predicted octanol–water partition coefficient (Wildman–Crippen LogP) is 2.29. The molecular weight excluding hydrogens is 155 g/mol. The van der Waals surface area contributed by atoms with Crippen molar-refractivity contribution in [2.75, 3.05) is 7.11 Å². The van der Waals surface area contributed by atoms with Crippen LogP contribution in [0.25, 0.3) is 0 Å². The summed E-state index contributed by atoms with van der Waals surface area (Å²) in [6.07, 6.45) is 0. The summed E-state index contributed by atoms with van der Waals surface area (Å²) in [7, 11) is 1.45. The average Bonchev–Trinajstić information content (AvgIpc) is 1.85. The number of ether oxygens (including phenoxy) is 1. The Morgan fingerprint density at radius 1 is 1.60 bits per heavy atom. The Morgan fingerprint density at radius 3 is 2.80 bits per heavy atom. The summed E-state index contributed by atoms with van der Waals surface area (Å²) in [5.41, 5.74) is 0. The van der Waals surface area contributed by atoms with E-state index < -0.39 is 5.82 Å². The van der Waals surface area contributed by atoms with Crippen LogP contribution in [0, 0.1) is 11.9 Å². The number of hydrogen-bond donors (Lipinski definition) is 0. The maximum atomic E-state index is 12.4. The van der Waals surface area contributed by atoms with Crippen molar-refractivity contribution >= 4 is 11.6 Å². The van der Waals surface area contributed by atoms with Gasteiger partial charge in [0.15, 0.2) is 0 Å². The van der Waals surface area contributed by atoms with Crippen LogP contribution < -0.4 is 4.74 Å². The first kappa shape index (κ1) is 7.35. The number of halogens is 2. The minimum absolute atomic E-state index is 0.219. The second-order valence-corrected chi connectivity index (χ2v) is 2.12. The van der Waals surface area contributed by atoms with Gasteiger partial charge in [0.05, 0.1) is 12.1 Å². The summed E-state index contributed by atoms with van der Waals surface area (Å²) in [6.45, 7) is 0. The Labute approximate surface area is 63.4 Å². The van der Waals surface area contributed by atoms with Crippen LogP contribution in [0.3, 0.4) is 0 Å². The van der Waals surface area contributed by atoms with Gasteiger partial charge in [0.1, 0.15) is 11.6 Å². The molecule has 1 nitrogen and oxygen atoms in total. The maximum absolute atomic E-state index is 12.4. The molecule has 3 heteroatoms. The molecule has 0 aliphatic heterocycles. The van der Waals surface area contributed by atoms with E-state index in [-0.39, 0.29) is 5.02 Å². The molecule has 0 atom stereocenters. The topological polar surface area (TPSA) is 9.23 Å². The summed E-state index contributed by atoms with van der Waals surface area (Å²) < 4.78 is 17.1. The van der Waals surface area contributed by atoms with E-state index in [1.54, 1.807) is 0 Å². The van der Waals surface area contributed by atoms with Crippen molar-refractivity contribution in [3.63, 3.8) is 0 Å². The molecular formula is C7H5ClFO. The van der Waals surface area contributed by atoms with Gasteiger partial charge in [-0.2, -0.15) is 0 Å². The number of rotatable bonds is 1. The van der Waals surface area contributed by atoms with Crippen molar-refractivity contribution in [3.05, 3.63) is 29.0 Å². The maximum Gasteiger partial charge on any atom is 0.136 e. The molecule has 1 aromatic carbocycles. The average molecular weight is 160 g/mol. The van der Waals surface area contributed by atoms with Gasteiger partial charge < -0.3 is 4.74 Å². The highest BCUT2D eigenvalue weighted by Gasteiger charge is 1.97. The molecule has 0 fully saturated rings. The monoisotopic (exact) mass is 159 g/mol. The molecule has 0 saturated heterocycles. The Hall–Kier alpha value is -0.760. The SMILES string of the molecule is COc1cc(F)[c]c(Cl)c1. The smallest absolute Gasteiger partial charge is 0.136 e. The summed E-state index contributed by atoms with van der Waals surface area (Å²) in [5.74, 6) is -0.106. The van der Waals surface area contributed by atoms with Gasteiger partial charge in [-0.15, -0.1) is 0 Å². The quantitative estimate of drug-likeness (QED) is 0.611. The first-order valence-corrected chi connectivity index (χ1v) is 3.02. The minimum Gasteiger partial charge on any atom is -0.497 e. The molecule has 53 valence electrons. The predicted molar refractivity (Wildman–Crippen MR) is 36.8 cm³/mol. The second-order valence-electron chi connectivity index (χ2n) is 1.72. The zero-order valence-electron chi connectivity index (χ0n) is 5.32. The van der Waals surface area contributed by atoms with E-state index in [0.717, 1.165) is 0 Å². The highest BCUT2D eigenvalue weighted by Crippen LogP contribution is 2.18. The molecule has 1 aromatic rings. The normalized spacial score (nSPS) is 9.50. The van der Waals surface area contributed by atoms with Gasteiger partial charge in [-0.05, 0) is 6.07 Å². The molecule has 0 heterocycles. The van der Waals surface area contributed by atoms with Gasteiger partial charge in [-0.3, -0.25) is 0 Å². The van der Waals surface area contributed by atoms with Gasteiger partial charge in [0.2, 0.25) is 0 Å². The highest BCUT2D eigenvalue weighted by molar-refractivity contribution is 6.30. The van der Waals surface area contributed by atoms with Crippen LogP contribution in [0.1, 0.15) is 0 Å². The Morgan fingerprint density at radius 2 is 2.30 bits per heavy atom. The van der Waals surface area contributed by atoms with Crippen LogP contribution in [-0.2, 0) is 0 Å². The Bertz CT molecular complexity index is 217. The van der Waals surface area contributed by atoms with E-state index in [4.69, 9.17) is 16.3 Å². The van der Waals surface area contributed by atoms with Gasteiger partial charge in [-0.1, -0.05) is 11.6 Å². The summed E-state index contributed by atoms with van der Waals surface area (Å²) in [4.78, 5) is 0. The van der Waals surface area contributed by atoms with Crippen LogP contribution >= 0.6 is 11.6 Å². The van der Waals surface area contributed by atoms with Crippen LogP contribution in [0.4, 0.5) is 4.39 Å². The van der Waals surface area contributed by atoms with Crippen molar-refractivity contribution in [2.45, 2.75) is 0 Å². The molecule has 0 bridgehead atoms. The summed E-state index contributed by atoms with van der Waals surface area (Å²) in [5, 5.41) is 0.219. The van der Waals surface area contributed by atoms with Crippen molar-refractivity contribution in [1.29, 1.82) is 0 Å². The van der Waals surface area contributed by atoms with Crippen molar-refractivity contribution in [3.8, 4) is 5.75 Å². The molecule has 0 aromatic heterocycles. The zero-order valence-corrected chi connectivity index (χ0v) is 6.07. The van der Waals surface area contributed by atoms with Crippen molar-refractivity contribution in [1.82, 2.24) is 0 Å². The van der Waals surface area contributed by atoms with Gasteiger partial charge >= 0.3 is 0 Å². The first-order valence-electron chi connectivity index (χ1n) is 2.65. The van der Waals surface area contributed by atoms with E-state index in [2.05, 4.69) is 6.07 Å². The lowest BCUT2D eigenvalue weighted by molar-refractivity contribution is 0.411. The Balaban J connectivity index is 3.06. The molecule has 0 N–H and O–H groups in total. The molecule has 0 spiro atoms. The molecule has 10 heavy (non-hydrogen) atoms. The third-order valence-corrected chi connectivity index (χ3v) is 1.22. The van der Waals surface area contributed by atoms with Crippen LogP contribution in [0.2, 0.25) is 5.02 Å². The lowest BCUT2D eigenvalue weighted by Gasteiger charge is -1.98. The van der Waals surface area contributed by atoms with Gasteiger partial charge in [-0.25, -0.2) is 4.39 Å². The van der Waals surface area contributed by atoms with E-state index in [1.165, 1.54) is 19.2 Å². The molecule has 1 radical (unpaired) electrons. The fourth-order valence-corrected chi connectivity index (χ4v) is 0.793. The third kappa shape index (κ3) is 1.61. The molecule has 0 saturated carbocycles. The lowest BCUT2D eigenvalue weighted by Crippen LogP contribution is -1.83. The molecule has 0 amide bonds. The van der Waals surface area contributed by atoms with E-state index >= 15 is 0 Å². The highest BCUT2D eigenvalue weighted by atomic mass is 35.5. The second kappa shape index (κ2) is 2.88. The lowest BCUT2D eigenvalue weighted by atomic mass is 10.3. The largest absolute Gasteiger partial charge is 0.497 e. The fraction of sp³-hybridized carbons (Fsp3) is 0.143. The summed E-state index contributed by atoms with van der Waals surface area (Å²) in [6, 6.07) is 4.97. The van der Waals surface area contributed by atoms with Crippen molar-refractivity contribution in [2.24, 2.45) is 0 Å². The molecule has 1 rings (SSSR count). The minimum atomic E-state index is -0.510. The van der Waals surface area contributed by atoms with Crippen LogP contribution in [0.5, 0.6) is 5.75 Å². The third-order valence-electron chi connectivity index (χ3n) is 1.01. The van der Waals surface area contributed by atoms with Crippen LogP contribution in [-0.4, -0.2) is 7.11 Å². The van der Waals surface area contributed by atoms with E-state index in [9.17, 15) is 4.39 Å². The van der Waals surface area contributed by atoms with E-state index in [0.29, 0.717) is 5.75 Å². The summed E-state index contributed by atoms with van der Waals surface area (Å²) >= 11 is 5.45. The molecule has 0 aliphatic rings. The fourth-order valence-electron chi connectivity index (χ4n) is 0.596. The van der Waals surface area contributed by atoms with Gasteiger partial charge in [0.25, 0.3) is 0 Å². The number of methoxy groups -OCH3 is 1. The first-order chi connectivity index (χ1) is 4.72. The zero-order chi connectivity index (χ0) is 7.56. The standard InChI is InChI=1S/C7H5ClFO/c1-10-7-3-5(8)2-6(9)4-7/h3-4H,1H3. The van der Waals surface area contributed by atoms with Crippen molar-refractivity contribution < 1.29 is 9.13 Å². The van der Waals surface area contributed by atoms with E-state index in [1.807, 2.05) is 0 Å². The number of benzene rings is 1. The molecule has 0 unspecified atom stereocenters. The molecule has 0 aliphatic carbocycles. The van der Waals surface area contributed by atoms with Crippen LogP contribution in [0.15, 0.2) is 12.1 Å². The Kier molecular flexibility index (Phi) is 2.12. The van der Waals surface area contributed by atoms with Gasteiger partial charge in [0, 0.05) is 12.1 Å². The number of hydrogen-bond acceptors (Lipinski definition) is 1.